The summed E-state index contributed by atoms with van der Waals surface area (Å²) in [4.78, 5) is 4.47. The summed E-state index contributed by atoms with van der Waals surface area (Å²) < 4.78 is 0. The zero-order valence-corrected chi connectivity index (χ0v) is 11.1. The normalized spacial score (nSPS) is 12.6. The van der Waals surface area contributed by atoms with E-state index in [0.717, 1.165) is 18.7 Å². The van der Waals surface area contributed by atoms with E-state index in [-0.39, 0.29) is 0 Å². The Hall–Kier alpha value is -1.19. The van der Waals surface area contributed by atoms with Crippen LogP contribution in [0.3, 0.4) is 0 Å². The second kappa shape index (κ2) is 5.94. The van der Waals surface area contributed by atoms with Crippen molar-refractivity contribution in [2.45, 2.75) is 26.3 Å². The summed E-state index contributed by atoms with van der Waals surface area (Å²) in [5, 5.41) is 7.85. The van der Waals surface area contributed by atoms with E-state index in [4.69, 9.17) is 0 Å². The highest BCUT2D eigenvalue weighted by atomic mass is 32.1. The molecule has 90 valence electrons. The van der Waals surface area contributed by atoms with Gasteiger partial charge in [-0.1, -0.05) is 13.0 Å². The second-order valence-corrected chi connectivity index (χ2v) is 4.98. The first-order valence-electron chi connectivity index (χ1n) is 5.96. The minimum Gasteiger partial charge on any atom is -0.310 e. The number of nitrogens with one attached hydrogen (secondary N) is 1. The zero-order valence-electron chi connectivity index (χ0n) is 10.3. The number of hydrogen-bond donors (Lipinski definition) is 1. The van der Waals surface area contributed by atoms with Gasteiger partial charge < -0.3 is 5.32 Å². The molecule has 0 bridgehead atoms. The summed E-state index contributed by atoms with van der Waals surface area (Å²) in [5.74, 6) is 0. The number of aromatic nitrogens is 1. The molecule has 0 aromatic carbocycles. The third kappa shape index (κ3) is 3.38. The fourth-order valence-corrected chi connectivity index (χ4v) is 2.57. The molecular weight excluding hydrogens is 228 g/mol. The van der Waals surface area contributed by atoms with Crippen LogP contribution in [-0.4, -0.2) is 11.5 Å². The van der Waals surface area contributed by atoms with E-state index in [0.29, 0.717) is 6.04 Å². The number of aryl methyl sites for hydroxylation is 1. The molecule has 0 spiro atoms. The Morgan fingerprint density at radius 3 is 2.82 bits per heavy atom. The van der Waals surface area contributed by atoms with E-state index in [2.05, 4.69) is 53.1 Å². The molecule has 1 N–H and O–H groups in total. The molecule has 3 heteroatoms. The molecule has 0 aliphatic carbocycles. The van der Waals surface area contributed by atoms with E-state index in [1.807, 2.05) is 6.20 Å². The molecule has 2 rings (SSSR count). The van der Waals surface area contributed by atoms with Gasteiger partial charge in [0.15, 0.2) is 0 Å². The summed E-state index contributed by atoms with van der Waals surface area (Å²) in [6, 6.07) is 6.80. The molecule has 0 amide bonds. The number of likely N-dealkylation sites (N-methyl/N-ethyl adjacent to an activating group) is 1. The van der Waals surface area contributed by atoms with Crippen LogP contribution in [0.2, 0.25) is 0 Å². The van der Waals surface area contributed by atoms with E-state index in [1.165, 1.54) is 11.1 Å². The average molecular weight is 246 g/mol. The Labute approximate surface area is 107 Å². The second-order valence-electron chi connectivity index (χ2n) is 4.20. The van der Waals surface area contributed by atoms with Gasteiger partial charge in [0.2, 0.25) is 0 Å². The Balaban J connectivity index is 2.10. The highest BCUT2D eigenvalue weighted by Gasteiger charge is 2.11. The van der Waals surface area contributed by atoms with Gasteiger partial charge >= 0.3 is 0 Å². The van der Waals surface area contributed by atoms with Crippen LogP contribution in [0.4, 0.5) is 0 Å². The third-order valence-electron chi connectivity index (χ3n) is 2.78. The number of rotatable bonds is 5. The van der Waals surface area contributed by atoms with Gasteiger partial charge in [0, 0.05) is 24.4 Å². The molecule has 2 nitrogen and oxygen atoms in total. The summed E-state index contributed by atoms with van der Waals surface area (Å²) in [6.45, 7) is 5.19. The third-order valence-corrected chi connectivity index (χ3v) is 3.48. The quantitative estimate of drug-likeness (QED) is 0.875. The lowest BCUT2D eigenvalue weighted by Crippen LogP contribution is -2.22. The highest BCUT2D eigenvalue weighted by molar-refractivity contribution is 7.07. The van der Waals surface area contributed by atoms with Crippen molar-refractivity contribution in [1.29, 1.82) is 0 Å². The predicted octanol–water partition coefficient (Wildman–Crippen LogP) is 3.34. The van der Waals surface area contributed by atoms with Crippen LogP contribution in [0.1, 0.15) is 29.8 Å². The van der Waals surface area contributed by atoms with Gasteiger partial charge in [-0.2, -0.15) is 11.3 Å². The summed E-state index contributed by atoms with van der Waals surface area (Å²) in [7, 11) is 0. The lowest BCUT2D eigenvalue weighted by atomic mass is 10.0. The van der Waals surface area contributed by atoms with Crippen LogP contribution in [0.15, 0.2) is 35.2 Å². The van der Waals surface area contributed by atoms with Gasteiger partial charge in [0.25, 0.3) is 0 Å². The van der Waals surface area contributed by atoms with E-state index < -0.39 is 0 Å². The van der Waals surface area contributed by atoms with Crippen molar-refractivity contribution in [1.82, 2.24) is 10.3 Å². The fraction of sp³-hybridized carbons (Fsp3) is 0.357. The van der Waals surface area contributed by atoms with Gasteiger partial charge in [-0.05, 0) is 47.5 Å². The maximum atomic E-state index is 4.47. The molecular formula is C14H18N2S. The first-order valence-corrected chi connectivity index (χ1v) is 6.91. The van der Waals surface area contributed by atoms with Gasteiger partial charge in [0.1, 0.15) is 0 Å². The van der Waals surface area contributed by atoms with Crippen molar-refractivity contribution < 1.29 is 0 Å². The van der Waals surface area contributed by atoms with E-state index in [1.54, 1.807) is 11.3 Å². The van der Waals surface area contributed by atoms with Crippen LogP contribution in [0.5, 0.6) is 0 Å². The summed E-state index contributed by atoms with van der Waals surface area (Å²) in [5.41, 5.74) is 3.72. The lowest BCUT2D eigenvalue weighted by molar-refractivity contribution is 0.545. The van der Waals surface area contributed by atoms with E-state index in [9.17, 15) is 0 Å². The number of hydrogen-bond acceptors (Lipinski definition) is 3. The average Bonchev–Trinajstić information content (AvgIpc) is 2.85. The Kier molecular flexibility index (Phi) is 4.29. The maximum Gasteiger partial charge on any atom is 0.0422 e. The molecule has 0 saturated carbocycles. The maximum absolute atomic E-state index is 4.47. The molecule has 2 heterocycles. The minimum atomic E-state index is 0.376. The van der Waals surface area contributed by atoms with Gasteiger partial charge in [-0.15, -0.1) is 0 Å². The Morgan fingerprint density at radius 2 is 2.24 bits per heavy atom. The SMILES string of the molecule is CCNC(Cc1ccc(C)cn1)c1ccsc1. The molecule has 0 fully saturated rings. The Bertz CT molecular complexity index is 434. The van der Waals surface area contributed by atoms with Crippen molar-refractivity contribution in [3.63, 3.8) is 0 Å². The van der Waals surface area contributed by atoms with Crippen LogP contribution < -0.4 is 5.32 Å². The standard InChI is InChI=1S/C14H18N2S/c1-3-15-14(12-6-7-17-10-12)8-13-5-4-11(2)9-16-13/h4-7,9-10,14-15H,3,8H2,1-2H3. The van der Waals surface area contributed by atoms with Crippen LogP contribution in [-0.2, 0) is 6.42 Å². The molecule has 0 aliphatic heterocycles. The van der Waals surface area contributed by atoms with Gasteiger partial charge in [-0.3, -0.25) is 4.98 Å². The molecule has 0 saturated heterocycles. The van der Waals surface area contributed by atoms with Crippen LogP contribution in [0, 0.1) is 6.92 Å². The topological polar surface area (TPSA) is 24.9 Å². The molecule has 17 heavy (non-hydrogen) atoms. The molecule has 2 aromatic rings. The van der Waals surface area contributed by atoms with Crippen molar-refractivity contribution in [3.05, 3.63) is 52.0 Å². The summed E-state index contributed by atoms with van der Waals surface area (Å²) >= 11 is 1.75. The van der Waals surface area contributed by atoms with Crippen molar-refractivity contribution in [3.8, 4) is 0 Å². The largest absolute Gasteiger partial charge is 0.310 e. The number of pyridine rings is 1. The van der Waals surface area contributed by atoms with Crippen molar-refractivity contribution >= 4 is 11.3 Å². The van der Waals surface area contributed by atoms with Crippen molar-refractivity contribution in [2.24, 2.45) is 0 Å². The molecule has 1 unspecified atom stereocenters. The van der Waals surface area contributed by atoms with Gasteiger partial charge in [0.05, 0.1) is 0 Å². The van der Waals surface area contributed by atoms with Crippen molar-refractivity contribution in [2.75, 3.05) is 6.54 Å². The lowest BCUT2D eigenvalue weighted by Gasteiger charge is -2.16. The summed E-state index contributed by atoms with van der Waals surface area (Å²) in [6.07, 6.45) is 2.89. The first-order chi connectivity index (χ1) is 8.29. The smallest absolute Gasteiger partial charge is 0.0422 e. The first kappa shape index (κ1) is 12.3. The zero-order chi connectivity index (χ0) is 12.1. The van der Waals surface area contributed by atoms with Gasteiger partial charge in [-0.25, -0.2) is 0 Å². The molecule has 0 radical (unpaired) electrons. The van der Waals surface area contributed by atoms with E-state index >= 15 is 0 Å². The minimum absolute atomic E-state index is 0.376. The number of thiophene rings is 1. The molecule has 2 aromatic heterocycles. The highest BCUT2D eigenvalue weighted by Crippen LogP contribution is 2.20. The Morgan fingerprint density at radius 1 is 1.35 bits per heavy atom. The fourth-order valence-electron chi connectivity index (χ4n) is 1.86. The number of nitrogens with zero attached hydrogens (tertiary/aromatic N) is 1. The van der Waals surface area contributed by atoms with Crippen LogP contribution in [0.25, 0.3) is 0 Å². The molecule has 0 aliphatic rings. The molecule has 1 atom stereocenters. The monoisotopic (exact) mass is 246 g/mol. The van der Waals surface area contributed by atoms with Crippen LogP contribution >= 0.6 is 11.3 Å². The predicted molar refractivity (Wildman–Crippen MR) is 73.4 cm³/mol.